The zero-order valence-electron chi connectivity index (χ0n) is 16.5. The van der Waals surface area contributed by atoms with Gasteiger partial charge in [0.2, 0.25) is 0 Å². The van der Waals surface area contributed by atoms with E-state index in [0.29, 0.717) is 11.1 Å². The molecule has 0 aromatic heterocycles. The van der Waals surface area contributed by atoms with E-state index in [0.717, 1.165) is 0 Å². The Morgan fingerprint density at radius 2 is 1.59 bits per heavy atom. The lowest BCUT2D eigenvalue weighted by Crippen LogP contribution is -2.41. The normalized spacial score (nSPS) is 13.6. The quantitative estimate of drug-likeness (QED) is 0.581. The first-order valence-corrected chi connectivity index (χ1v) is 13.3. The summed E-state index contributed by atoms with van der Waals surface area (Å²) in [7, 11) is -5.72. The van der Waals surface area contributed by atoms with Gasteiger partial charge in [0.05, 0.1) is 11.5 Å². The SMILES string of the molecule is CC(C)(C)[Si](C)(C)OC/C(=C\S(=O)(=O)c1ccccc1)c1ccc(F)cc1. The Kier molecular flexibility index (Phi) is 6.45. The van der Waals surface area contributed by atoms with Crippen LogP contribution in [0.2, 0.25) is 18.1 Å². The number of hydrogen-bond acceptors (Lipinski definition) is 3. The maximum atomic E-state index is 13.3. The third-order valence-corrected chi connectivity index (χ3v) is 11.0. The third-order valence-electron chi connectivity index (χ3n) is 4.98. The average Bonchev–Trinajstić information content (AvgIpc) is 2.59. The van der Waals surface area contributed by atoms with Gasteiger partial charge in [0, 0.05) is 5.41 Å². The van der Waals surface area contributed by atoms with Gasteiger partial charge in [-0.25, -0.2) is 12.8 Å². The van der Waals surface area contributed by atoms with Crippen molar-refractivity contribution < 1.29 is 17.2 Å². The van der Waals surface area contributed by atoms with E-state index in [9.17, 15) is 12.8 Å². The Morgan fingerprint density at radius 3 is 2.11 bits per heavy atom. The van der Waals surface area contributed by atoms with Gasteiger partial charge in [0.15, 0.2) is 18.2 Å². The smallest absolute Gasteiger partial charge is 0.200 e. The van der Waals surface area contributed by atoms with Gasteiger partial charge in [-0.15, -0.1) is 0 Å². The summed E-state index contributed by atoms with van der Waals surface area (Å²) in [6.07, 6.45) is 0. The summed E-state index contributed by atoms with van der Waals surface area (Å²) in [6, 6.07) is 14.1. The number of sulfone groups is 1. The molecule has 27 heavy (non-hydrogen) atoms. The molecule has 0 saturated carbocycles. The summed E-state index contributed by atoms with van der Waals surface area (Å²) >= 11 is 0. The standard InChI is InChI=1S/C21H27FO3SSi/c1-21(2,3)27(4,5)25-15-18(17-11-13-19(22)14-12-17)16-26(23,24)20-9-7-6-8-10-20/h6-14,16H,15H2,1-5H3/b18-16+. The second kappa shape index (κ2) is 8.08. The zero-order chi connectivity index (χ0) is 20.3. The molecule has 0 aliphatic rings. The van der Waals surface area contributed by atoms with Crippen LogP contribution >= 0.6 is 0 Å². The average molecular weight is 407 g/mol. The summed E-state index contributed by atoms with van der Waals surface area (Å²) in [5, 5.41) is 1.24. The van der Waals surface area contributed by atoms with E-state index in [4.69, 9.17) is 4.43 Å². The van der Waals surface area contributed by atoms with E-state index in [-0.39, 0.29) is 22.4 Å². The van der Waals surface area contributed by atoms with Crippen LogP contribution in [0.25, 0.3) is 5.57 Å². The maximum absolute atomic E-state index is 13.3. The first-order valence-electron chi connectivity index (χ1n) is 8.83. The minimum atomic E-state index is -3.64. The van der Waals surface area contributed by atoms with Gasteiger partial charge in [-0.1, -0.05) is 51.1 Å². The molecule has 2 aromatic carbocycles. The van der Waals surface area contributed by atoms with E-state index in [1.165, 1.54) is 17.5 Å². The molecular weight excluding hydrogens is 379 g/mol. The van der Waals surface area contributed by atoms with Crippen LogP contribution in [0.15, 0.2) is 64.9 Å². The van der Waals surface area contributed by atoms with Crippen molar-refractivity contribution in [1.29, 1.82) is 0 Å². The summed E-state index contributed by atoms with van der Waals surface area (Å²) < 4.78 is 45.2. The highest BCUT2D eigenvalue weighted by Crippen LogP contribution is 2.37. The Balaban J connectivity index is 2.43. The molecule has 0 fully saturated rings. The van der Waals surface area contributed by atoms with E-state index < -0.39 is 18.2 Å². The van der Waals surface area contributed by atoms with Gasteiger partial charge in [-0.05, 0) is 53.5 Å². The van der Waals surface area contributed by atoms with E-state index in [1.54, 1.807) is 42.5 Å². The summed E-state index contributed by atoms with van der Waals surface area (Å²) in [6.45, 7) is 10.8. The van der Waals surface area contributed by atoms with Crippen LogP contribution < -0.4 is 0 Å². The van der Waals surface area contributed by atoms with Crippen LogP contribution in [-0.4, -0.2) is 23.3 Å². The van der Waals surface area contributed by atoms with Crippen molar-refractivity contribution in [2.75, 3.05) is 6.61 Å². The van der Waals surface area contributed by atoms with Gasteiger partial charge in [-0.2, -0.15) is 0 Å². The van der Waals surface area contributed by atoms with Gasteiger partial charge >= 0.3 is 0 Å². The first-order chi connectivity index (χ1) is 12.4. The molecule has 0 spiro atoms. The second-order valence-corrected chi connectivity index (χ2v) is 14.7. The molecule has 3 nitrogen and oxygen atoms in total. The fourth-order valence-electron chi connectivity index (χ4n) is 2.19. The second-order valence-electron chi connectivity index (χ2n) is 8.06. The van der Waals surface area contributed by atoms with Crippen molar-refractivity contribution in [3.63, 3.8) is 0 Å². The summed E-state index contributed by atoms with van der Waals surface area (Å²) in [4.78, 5) is 0.219. The molecule has 0 aliphatic heterocycles. The lowest BCUT2D eigenvalue weighted by atomic mass is 10.1. The molecule has 0 atom stereocenters. The van der Waals surface area contributed by atoms with Crippen LogP contribution in [0.4, 0.5) is 4.39 Å². The Hall–Kier alpha value is -1.76. The minimum absolute atomic E-state index is 0.000783. The molecule has 146 valence electrons. The van der Waals surface area contributed by atoms with Crippen LogP contribution in [-0.2, 0) is 14.3 Å². The van der Waals surface area contributed by atoms with Gasteiger partial charge in [0.25, 0.3) is 0 Å². The molecule has 0 amide bonds. The van der Waals surface area contributed by atoms with Crippen LogP contribution in [0, 0.1) is 5.82 Å². The zero-order valence-corrected chi connectivity index (χ0v) is 18.3. The molecule has 2 aromatic rings. The summed E-state index contributed by atoms with van der Waals surface area (Å²) in [5.41, 5.74) is 1.15. The molecule has 2 rings (SSSR count). The van der Waals surface area contributed by atoms with Crippen molar-refractivity contribution in [1.82, 2.24) is 0 Å². The number of benzene rings is 2. The van der Waals surface area contributed by atoms with Crippen LogP contribution in [0.1, 0.15) is 26.3 Å². The molecule has 0 saturated heterocycles. The van der Waals surface area contributed by atoms with E-state index in [2.05, 4.69) is 33.9 Å². The Labute approximate surface area is 162 Å². The largest absolute Gasteiger partial charge is 0.413 e. The third kappa shape index (κ3) is 5.61. The molecule has 0 N–H and O–H groups in total. The minimum Gasteiger partial charge on any atom is -0.413 e. The Morgan fingerprint density at radius 1 is 1.04 bits per heavy atom. The Bertz CT molecular complexity index is 897. The predicted octanol–water partition coefficient (Wildman–Crippen LogP) is 5.66. The van der Waals surface area contributed by atoms with Crippen molar-refractivity contribution in [3.8, 4) is 0 Å². The highest BCUT2D eigenvalue weighted by Gasteiger charge is 2.37. The maximum Gasteiger partial charge on any atom is 0.200 e. The molecule has 0 unspecified atom stereocenters. The lowest BCUT2D eigenvalue weighted by molar-refractivity contribution is 0.334. The fourth-order valence-corrected chi connectivity index (χ4v) is 4.39. The van der Waals surface area contributed by atoms with Crippen LogP contribution in [0.5, 0.6) is 0 Å². The molecule has 0 aliphatic carbocycles. The molecule has 0 bridgehead atoms. The fraction of sp³-hybridized carbons (Fsp3) is 0.333. The molecule has 6 heteroatoms. The van der Waals surface area contributed by atoms with Gasteiger partial charge in [0.1, 0.15) is 5.82 Å². The van der Waals surface area contributed by atoms with Crippen molar-refractivity contribution >= 4 is 23.7 Å². The van der Waals surface area contributed by atoms with Gasteiger partial charge < -0.3 is 4.43 Å². The first kappa shape index (κ1) is 21.5. The number of rotatable bonds is 6. The highest BCUT2D eigenvalue weighted by atomic mass is 32.2. The summed E-state index contributed by atoms with van der Waals surface area (Å²) in [5.74, 6) is -0.366. The van der Waals surface area contributed by atoms with Gasteiger partial charge in [-0.3, -0.25) is 0 Å². The monoisotopic (exact) mass is 406 g/mol. The van der Waals surface area contributed by atoms with Crippen molar-refractivity contribution in [3.05, 3.63) is 71.4 Å². The number of hydrogen-bond donors (Lipinski definition) is 0. The van der Waals surface area contributed by atoms with Crippen molar-refractivity contribution in [2.45, 2.75) is 43.8 Å². The van der Waals surface area contributed by atoms with E-state index >= 15 is 0 Å². The lowest BCUT2D eigenvalue weighted by Gasteiger charge is -2.36. The van der Waals surface area contributed by atoms with Crippen LogP contribution in [0.3, 0.4) is 0 Å². The van der Waals surface area contributed by atoms with E-state index in [1.807, 2.05) is 0 Å². The molecular formula is C21H27FO3SSi. The topological polar surface area (TPSA) is 43.4 Å². The number of halogens is 1. The van der Waals surface area contributed by atoms with Crippen molar-refractivity contribution in [2.24, 2.45) is 0 Å². The predicted molar refractivity (Wildman–Crippen MR) is 111 cm³/mol. The molecule has 0 radical (unpaired) electrons. The highest BCUT2D eigenvalue weighted by molar-refractivity contribution is 7.94. The molecule has 0 heterocycles.